The number of methoxy groups -OCH3 is 3. The third kappa shape index (κ3) is 7.40. The normalized spacial score (nSPS) is 17.5. The molecule has 4 heterocycles. The summed E-state index contributed by atoms with van der Waals surface area (Å²) < 4.78 is 29.4. The Hall–Kier alpha value is -7.07. The highest BCUT2D eigenvalue weighted by Gasteiger charge is 2.39. The largest absolute Gasteiger partial charge is 0.453 e. The molecule has 0 radical (unpaired) electrons. The number of carbonyl (C=O) groups excluding carboxylic acids is 4. The van der Waals surface area contributed by atoms with Gasteiger partial charge in [0, 0.05) is 36.5 Å². The topological polar surface area (TPSA) is 184 Å². The van der Waals surface area contributed by atoms with Crippen LogP contribution in [0.15, 0.2) is 84.9 Å². The number of hydrogen-bond acceptors (Lipinski definition) is 9. The van der Waals surface area contributed by atoms with E-state index in [0.29, 0.717) is 31.8 Å². The number of ether oxygens (including phenoxy) is 3. The van der Waals surface area contributed by atoms with Crippen LogP contribution in [-0.2, 0) is 23.8 Å². The number of imidazole rings is 2. The number of likely N-dealkylation sites (tertiary alicyclic amines) is 2. The number of halogens is 1. The standard InChI is InChI=1S/C46H45FN8O7/c1-60-41(47)32-9-5-4-8-31(32)40(53-46(59)62-3)44(57)55-21-7-11-36(55)43-50-34-19-15-28-23-26(13-17-30(28)39(34)52-43)25-12-16-29-27(22-25)14-18-33-38(29)51-42(49-33)35-10-6-20-54(35)37(56)24-48-45(58)61-2/h4-5,8-9,12-19,22-23,35-36,40-41H,6-7,10-11,20-21,24H2,1-3H3,(H,48,58)(H,49,51)(H,50,52)(H,53,59)/t35?,36?,40-,41?/m1/s1. The van der Waals surface area contributed by atoms with E-state index in [0.717, 1.165) is 73.4 Å². The molecule has 9 rings (SSSR count). The number of fused-ring (bicyclic) bond motifs is 6. The van der Waals surface area contributed by atoms with Crippen molar-refractivity contribution in [3.05, 3.63) is 108 Å². The van der Waals surface area contributed by atoms with Crippen LogP contribution in [0.2, 0.25) is 0 Å². The first kappa shape index (κ1) is 40.3. The lowest BCUT2D eigenvalue weighted by Gasteiger charge is -2.29. The number of aromatic amines is 2. The summed E-state index contributed by atoms with van der Waals surface area (Å²) >= 11 is 0. The van der Waals surface area contributed by atoms with Crippen LogP contribution in [0.4, 0.5) is 14.0 Å². The number of hydrogen-bond donors (Lipinski definition) is 4. The summed E-state index contributed by atoms with van der Waals surface area (Å²) in [6, 6.07) is 25.3. The highest BCUT2D eigenvalue weighted by molar-refractivity contribution is 6.07. The van der Waals surface area contributed by atoms with Crippen molar-refractivity contribution in [3.8, 4) is 11.1 Å². The maximum atomic E-state index is 15.0. The molecule has 4 amide bonds. The van der Waals surface area contributed by atoms with Gasteiger partial charge < -0.3 is 44.6 Å². The van der Waals surface area contributed by atoms with Crippen molar-refractivity contribution < 1.29 is 37.8 Å². The van der Waals surface area contributed by atoms with Gasteiger partial charge in [-0.1, -0.05) is 60.7 Å². The van der Waals surface area contributed by atoms with Crippen molar-refractivity contribution >= 4 is 67.6 Å². The van der Waals surface area contributed by atoms with Crippen LogP contribution < -0.4 is 10.6 Å². The highest BCUT2D eigenvalue weighted by atomic mass is 19.1. The van der Waals surface area contributed by atoms with Crippen LogP contribution in [-0.4, -0.2) is 94.7 Å². The zero-order valence-electron chi connectivity index (χ0n) is 34.4. The van der Waals surface area contributed by atoms with E-state index in [2.05, 4.69) is 73.9 Å². The lowest BCUT2D eigenvalue weighted by molar-refractivity contribution is -0.134. The van der Waals surface area contributed by atoms with E-state index in [1.165, 1.54) is 27.4 Å². The number of carbonyl (C=O) groups is 4. The van der Waals surface area contributed by atoms with Crippen LogP contribution >= 0.6 is 0 Å². The molecule has 318 valence electrons. The molecular weight excluding hydrogens is 796 g/mol. The van der Waals surface area contributed by atoms with Gasteiger partial charge in [0.25, 0.3) is 5.91 Å². The molecule has 5 aromatic carbocycles. The van der Waals surface area contributed by atoms with Gasteiger partial charge in [0.1, 0.15) is 24.2 Å². The molecule has 4 atom stereocenters. The molecule has 7 aromatic rings. The Bertz CT molecular complexity index is 2880. The fourth-order valence-electron chi connectivity index (χ4n) is 9.03. The van der Waals surface area contributed by atoms with Crippen molar-refractivity contribution in [2.75, 3.05) is 41.0 Å². The molecule has 4 N–H and O–H groups in total. The molecule has 16 heteroatoms. The first-order valence-electron chi connectivity index (χ1n) is 20.5. The molecule has 15 nitrogen and oxygen atoms in total. The summed E-state index contributed by atoms with van der Waals surface area (Å²) in [5, 5.41) is 9.06. The first-order valence-corrected chi connectivity index (χ1v) is 20.5. The lowest BCUT2D eigenvalue weighted by atomic mass is 9.98. The summed E-state index contributed by atoms with van der Waals surface area (Å²) in [5.74, 6) is 0.739. The van der Waals surface area contributed by atoms with E-state index in [1.807, 2.05) is 12.1 Å². The highest BCUT2D eigenvalue weighted by Crippen LogP contribution is 2.39. The second kappa shape index (κ2) is 16.8. The van der Waals surface area contributed by atoms with E-state index >= 15 is 0 Å². The number of alkyl halides is 1. The molecule has 2 fully saturated rings. The van der Waals surface area contributed by atoms with Crippen molar-refractivity contribution in [3.63, 3.8) is 0 Å². The minimum atomic E-state index is -1.80. The number of alkyl carbamates (subject to hydrolysis) is 2. The van der Waals surface area contributed by atoms with Gasteiger partial charge >= 0.3 is 12.2 Å². The SMILES string of the molecule is COC(=O)NCC(=O)N1CCCC1c1nc2c(ccc3cc(-c4ccc5c(ccc6[nH]c(C7CCCN7C(=O)[C@H](NC(=O)OC)c7ccccc7C(F)OC)nc65)c4)ccc32)[nH]1. The second-order valence-electron chi connectivity index (χ2n) is 15.6. The number of rotatable bonds is 10. The van der Waals surface area contributed by atoms with Crippen molar-refractivity contribution in [1.82, 2.24) is 40.4 Å². The monoisotopic (exact) mass is 840 g/mol. The first-order chi connectivity index (χ1) is 30.1. The molecule has 2 aromatic heterocycles. The Morgan fingerprint density at radius 3 is 1.84 bits per heavy atom. The second-order valence-corrected chi connectivity index (χ2v) is 15.6. The van der Waals surface area contributed by atoms with Gasteiger partial charge in [-0.3, -0.25) is 9.59 Å². The quantitative estimate of drug-likeness (QED) is 0.107. The fraction of sp³-hybridized carbons (Fsp3) is 0.304. The van der Waals surface area contributed by atoms with Crippen LogP contribution in [0.5, 0.6) is 0 Å². The minimum Gasteiger partial charge on any atom is -0.453 e. The van der Waals surface area contributed by atoms with Crippen LogP contribution in [0, 0.1) is 0 Å². The summed E-state index contributed by atoms with van der Waals surface area (Å²) in [6.07, 6.45) is -0.311. The third-order valence-electron chi connectivity index (χ3n) is 12.1. The third-order valence-corrected chi connectivity index (χ3v) is 12.1. The minimum absolute atomic E-state index is 0.138. The summed E-state index contributed by atoms with van der Waals surface area (Å²) in [5.41, 5.74) is 5.78. The molecule has 0 saturated carbocycles. The van der Waals surface area contributed by atoms with Gasteiger partial charge in [0.05, 0.1) is 48.4 Å². The number of benzene rings is 5. The average molecular weight is 841 g/mol. The molecule has 3 unspecified atom stereocenters. The molecular formula is C46H45FN8O7. The van der Waals surface area contributed by atoms with E-state index in [4.69, 9.17) is 19.4 Å². The fourth-order valence-corrected chi connectivity index (χ4v) is 9.03. The summed E-state index contributed by atoms with van der Waals surface area (Å²) in [6.45, 7) is 0.862. The number of nitrogens with one attached hydrogen (secondary N) is 4. The van der Waals surface area contributed by atoms with E-state index in [9.17, 15) is 23.6 Å². The van der Waals surface area contributed by atoms with E-state index in [-0.39, 0.29) is 29.6 Å². The van der Waals surface area contributed by atoms with Crippen LogP contribution in [0.1, 0.15) is 72.9 Å². The zero-order valence-corrected chi connectivity index (χ0v) is 34.4. The number of nitrogens with zero attached hydrogens (tertiary/aromatic N) is 4. The number of amides is 4. The maximum absolute atomic E-state index is 15.0. The predicted molar refractivity (Wildman–Crippen MR) is 230 cm³/mol. The van der Waals surface area contributed by atoms with Gasteiger partial charge in [0.15, 0.2) is 0 Å². The van der Waals surface area contributed by atoms with Gasteiger partial charge in [-0.15, -0.1) is 0 Å². The Labute approximate surface area is 354 Å². The predicted octanol–water partition coefficient (Wildman–Crippen LogP) is 7.81. The number of H-pyrrole nitrogens is 2. The molecule has 2 aliphatic rings. The van der Waals surface area contributed by atoms with E-state index < -0.39 is 36.5 Å². The van der Waals surface area contributed by atoms with Crippen LogP contribution in [0.3, 0.4) is 0 Å². The molecule has 2 saturated heterocycles. The average Bonchev–Trinajstić information content (AvgIpc) is 4.15. The van der Waals surface area contributed by atoms with Gasteiger partial charge in [-0.2, -0.15) is 0 Å². The summed E-state index contributed by atoms with van der Waals surface area (Å²) in [4.78, 5) is 71.8. The molecule has 2 aliphatic heterocycles. The Morgan fingerprint density at radius 1 is 0.726 bits per heavy atom. The van der Waals surface area contributed by atoms with Gasteiger partial charge in [0.2, 0.25) is 12.3 Å². The number of aromatic nitrogens is 4. The van der Waals surface area contributed by atoms with Crippen molar-refractivity contribution in [2.45, 2.75) is 50.2 Å². The van der Waals surface area contributed by atoms with Crippen molar-refractivity contribution in [1.29, 1.82) is 0 Å². The molecule has 0 aliphatic carbocycles. The van der Waals surface area contributed by atoms with Gasteiger partial charge in [-0.25, -0.2) is 23.9 Å². The smallest absolute Gasteiger partial charge is 0.407 e. The van der Waals surface area contributed by atoms with E-state index in [1.54, 1.807) is 28.0 Å². The zero-order chi connectivity index (χ0) is 43.1. The maximum Gasteiger partial charge on any atom is 0.407 e. The Morgan fingerprint density at radius 2 is 1.27 bits per heavy atom. The summed E-state index contributed by atoms with van der Waals surface area (Å²) in [7, 11) is 3.71. The Kier molecular flexibility index (Phi) is 10.9. The lowest BCUT2D eigenvalue weighted by Crippen LogP contribution is -2.43. The van der Waals surface area contributed by atoms with Crippen molar-refractivity contribution in [2.24, 2.45) is 0 Å². The molecule has 0 spiro atoms. The van der Waals surface area contributed by atoms with Gasteiger partial charge in [-0.05, 0) is 77.4 Å². The van der Waals surface area contributed by atoms with Crippen LogP contribution in [0.25, 0.3) is 54.7 Å². The Balaban J connectivity index is 0.975. The molecule has 0 bridgehead atoms. The molecule has 62 heavy (non-hydrogen) atoms.